The van der Waals surface area contributed by atoms with Gasteiger partial charge in [0.2, 0.25) is 0 Å². The van der Waals surface area contributed by atoms with Crippen molar-refractivity contribution >= 4 is 49.3 Å². The number of nitrogens with zero attached hydrogens (tertiary/aromatic N) is 5. The molecule has 0 aliphatic rings. The molecule has 9 aromatic rings. The first-order valence-electron chi connectivity index (χ1n) is 18.3. The minimum absolute atomic E-state index is 0.343. The molecular formula is C46H41N5O. The fraction of sp³-hybridized carbons (Fsp3) is 0.196. The van der Waals surface area contributed by atoms with Gasteiger partial charge in [0.05, 0.1) is 34.0 Å². The molecule has 0 aliphatic carbocycles. The van der Waals surface area contributed by atoms with Crippen molar-refractivity contribution in [2.75, 3.05) is 0 Å². The Hall–Kier alpha value is -6.01. The van der Waals surface area contributed by atoms with Crippen LogP contribution in [-0.4, -0.2) is 23.9 Å². The van der Waals surface area contributed by atoms with Gasteiger partial charge in [-0.25, -0.2) is 9.97 Å². The van der Waals surface area contributed by atoms with Crippen LogP contribution in [0.5, 0.6) is 11.5 Å². The number of hydrogen-bond donors (Lipinski definition) is 0. The van der Waals surface area contributed by atoms with E-state index in [9.17, 15) is 0 Å². The zero-order chi connectivity index (χ0) is 35.7. The third-order valence-corrected chi connectivity index (χ3v) is 10.4. The number of hydrogen-bond acceptors (Lipinski definition) is 4. The van der Waals surface area contributed by atoms with Gasteiger partial charge in [-0.1, -0.05) is 77.9 Å². The highest BCUT2D eigenvalue weighted by molar-refractivity contribution is 6.11. The second kappa shape index (κ2) is 12.3. The normalized spacial score (nSPS) is 12.2. The first-order chi connectivity index (χ1) is 25.3. The largest absolute Gasteiger partial charge is 0.457 e. The standard InChI is InChI=1S/C46H41N5O/c1-27(2)30-22-36(28(3)4)44(37(23-30)29(5)6)42-26-49-46-38-24-31(17-19-35(38)45-40(51(42)46)14-11-21-48-45)52-32-16-18-34-33-12-7-8-13-39(33)50(41(34)25-32)43-15-9-10-20-47-43/h7-29H,1-6H3. The number of pyridine rings is 3. The summed E-state index contributed by atoms with van der Waals surface area (Å²) in [5.41, 5.74) is 11.5. The summed E-state index contributed by atoms with van der Waals surface area (Å²) < 4.78 is 11.2. The van der Waals surface area contributed by atoms with Gasteiger partial charge in [-0.3, -0.25) is 14.0 Å². The van der Waals surface area contributed by atoms with E-state index < -0.39 is 0 Å². The molecule has 5 heterocycles. The van der Waals surface area contributed by atoms with Crippen LogP contribution in [0.25, 0.3) is 66.3 Å². The molecule has 6 nitrogen and oxygen atoms in total. The summed E-state index contributed by atoms with van der Waals surface area (Å²) in [6.07, 6.45) is 5.77. The molecule has 0 fully saturated rings. The smallest absolute Gasteiger partial charge is 0.145 e. The molecule has 0 N–H and O–H groups in total. The van der Waals surface area contributed by atoms with Crippen molar-refractivity contribution in [1.82, 2.24) is 23.9 Å². The van der Waals surface area contributed by atoms with Crippen molar-refractivity contribution in [2.24, 2.45) is 0 Å². The molecule has 52 heavy (non-hydrogen) atoms. The molecule has 256 valence electrons. The monoisotopic (exact) mass is 679 g/mol. The summed E-state index contributed by atoms with van der Waals surface area (Å²) in [7, 11) is 0. The SMILES string of the molecule is CC(C)c1cc(C(C)C)c(-c2cnc3c4cc(Oc5ccc6c7ccccc7n(-c7ccccn7)c6c5)ccc4c4ncccc4n23)c(C(C)C)c1. The predicted octanol–water partition coefficient (Wildman–Crippen LogP) is 12.4. The Bertz CT molecular complexity index is 2780. The van der Waals surface area contributed by atoms with E-state index in [0.717, 1.165) is 66.9 Å². The van der Waals surface area contributed by atoms with E-state index in [4.69, 9.17) is 19.7 Å². The lowest BCUT2D eigenvalue weighted by atomic mass is 9.83. The van der Waals surface area contributed by atoms with Gasteiger partial charge < -0.3 is 4.74 Å². The summed E-state index contributed by atoms with van der Waals surface area (Å²) in [5, 5.41) is 4.37. The lowest BCUT2D eigenvalue weighted by Gasteiger charge is -2.23. The average Bonchev–Trinajstić information content (AvgIpc) is 3.74. The van der Waals surface area contributed by atoms with Crippen molar-refractivity contribution in [3.05, 3.63) is 138 Å². The van der Waals surface area contributed by atoms with Crippen molar-refractivity contribution < 1.29 is 4.74 Å². The van der Waals surface area contributed by atoms with Crippen LogP contribution in [0.15, 0.2) is 122 Å². The van der Waals surface area contributed by atoms with Gasteiger partial charge in [0, 0.05) is 45.6 Å². The van der Waals surface area contributed by atoms with Crippen molar-refractivity contribution in [3.63, 3.8) is 0 Å². The molecule has 0 spiro atoms. The topological polar surface area (TPSA) is 57.2 Å². The van der Waals surface area contributed by atoms with Crippen LogP contribution < -0.4 is 4.74 Å². The van der Waals surface area contributed by atoms with Crippen LogP contribution in [0.3, 0.4) is 0 Å². The molecule has 0 radical (unpaired) electrons. The molecular weight excluding hydrogens is 639 g/mol. The van der Waals surface area contributed by atoms with Gasteiger partial charge >= 0.3 is 0 Å². The van der Waals surface area contributed by atoms with E-state index in [-0.39, 0.29) is 0 Å². The molecule has 0 aliphatic heterocycles. The van der Waals surface area contributed by atoms with Crippen molar-refractivity contribution in [2.45, 2.75) is 59.3 Å². The highest BCUT2D eigenvalue weighted by Crippen LogP contribution is 2.42. The Balaban J connectivity index is 1.23. The van der Waals surface area contributed by atoms with E-state index in [1.165, 1.54) is 27.6 Å². The summed E-state index contributed by atoms with van der Waals surface area (Å²) >= 11 is 0. The number of rotatable bonds is 7. The van der Waals surface area contributed by atoms with Crippen LogP contribution in [0.4, 0.5) is 0 Å². The minimum atomic E-state index is 0.343. The number of imidazole rings is 1. The molecule has 0 amide bonds. The van der Waals surface area contributed by atoms with Crippen LogP contribution in [0.2, 0.25) is 0 Å². The van der Waals surface area contributed by atoms with E-state index in [1.807, 2.05) is 42.7 Å². The van der Waals surface area contributed by atoms with Crippen molar-refractivity contribution in [1.29, 1.82) is 0 Å². The van der Waals surface area contributed by atoms with E-state index in [2.05, 4.69) is 130 Å². The summed E-state index contributed by atoms with van der Waals surface area (Å²) in [5.74, 6) is 3.48. The Morgan fingerprint density at radius 1 is 0.538 bits per heavy atom. The molecule has 0 saturated heterocycles. The van der Waals surface area contributed by atoms with Crippen molar-refractivity contribution in [3.8, 4) is 28.6 Å². The van der Waals surface area contributed by atoms with Gasteiger partial charge in [0.1, 0.15) is 23.0 Å². The molecule has 9 rings (SSSR count). The van der Waals surface area contributed by atoms with Crippen LogP contribution in [0, 0.1) is 0 Å². The Labute approximate surface area is 303 Å². The van der Waals surface area contributed by atoms with Crippen LogP contribution in [0.1, 0.15) is 76.0 Å². The van der Waals surface area contributed by atoms with E-state index in [0.29, 0.717) is 17.8 Å². The Morgan fingerprint density at radius 2 is 1.21 bits per heavy atom. The molecule has 5 aromatic heterocycles. The maximum absolute atomic E-state index is 6.68. The number of fused-ring (bicyclic) bond motifs is 9. The maximum Gasteiger partial charge on any atom is 0.145 e. The molecule has 0 bridgehead atoms. The fourth-order valence-corrected chi connectivity index (χ4v) is 7.86. The number of para-hydroxylation sites is 1. The van der Waals surface area contributed by atoms with E-state index >= 15 is 0 Å². The van der Waals surface area contributed by atoms with Gasteiger partial charge in [-0.15, -0.1) is 0 Å². The second-order valence-corrected chi connectivity index (χ2v) is 14.7. The molecule has 4 aromatic carbocycles. The molecule has 0 atom stereocenters. The minimum Gasteiger partial charge on any atom is -0.457 e. The van der Waals surface area contributed by atoms with E-state index in [1.54, 1.807) is 0 Å². The zero-order valence-electron chi connectivity index (χ0n) is 30.4. The lowest BCUT2D eigenvalue weighted by Crippen LogP contribution is -2.05. The quantitative estimate of drug-likeness (QED) is 0.157. The summed E-state index contributed by atoms with van der Waals surface area (Å²) in [6, 6.07) is 36.0. The Kier molecular flexibility index (Phi) is 7.58. The Morgan fingerprint density at radius 3 is 1.94 bits per heavy atom. The van der Waals surface area contributed by atoms with Gasteiger partial charge in [0.15, 0.2) is 0 Å². The third kappa shape index (κ3) is 5.04. The molecule has 6 heteroatoms. The first kappa shape index (κ1) is 31.9. The maximum atomic E-state index is 6.68. The fourth-order valence-electron chi connectivity index (χ4n) is 7.86. The second-order valence-electron chi connectivity index (χ2n) is 14.7. The number of benzene rings is 4. The highest BCUT2D eigenvalue weighted by atomic mass is 16.5. The van der Waals surface area contributed by atoms with Gasteiger partial charge in [-0.05, 0) is 95.1 Å². The van der Waals surface area contributed by atoms with Crippen LogP contribution in [-0.2, 0) is 0 Å². The summed E-state index contributed by atoms with van der Waals surface area (Å²) in [6.45, 7) is 13.7. The lowest BCUT2D eigenvalue weighted by molar-refractivity contribution is 0.484. The molecule has 0 saturated carbocycles. The first-order valence-corrected chi connectivity index (χ1v) is 18.3. The average molecular weight is 680 g/mol. The zero-order valence-corrected chi connectivity index (χ0v) is 30.4. The highest BCUT2D eigenvalue weighted by Gasteiger charge is 2.23. The summed E-state index contributed by atoms with van der Waals surface area (Å²) in [4.78, 5) is 14.8. The van der Waals surface area contributed by atoms with Gasteiger partial charge in [0.25, 0.3) is 0 Å². The van der Waals surface area contributed by atoms with Gasteiger partial charge in [-0.2, -0.15) is 0 Å². The molecule has 0 unspecified atom stereocenters. The van der Waals surface area contributed by atoms with Crippen LogP contribution >= 0.6 is 0 Å². The predicted molar refractivity (Wildman–Crippen MR) is 214 cm³/mol. The number of ether oxygens (including phenoxy) is 1. The third-order valence-electron chi connectivity index (χ3n) is 10.4. The number of aromatic nitrogens is 5.